The minimum Gasteiger partial charge on any atom is -0.481 e. The average molecular weight is 381 g/mol. The first-order valence-electron chi connectivity index (χ1n) is 11.0. The van der Waals surface area contributed by atoms with Gasteiger partial charge in [-0.1, -0.05) is 97.1 Å². The van der Waals surface area contributed by atoms with E-state index >= 15 is 0 Å². The van der Waals surface area contributed by atoms with Crippen molar-refractivity contribution in [3.63, 3.8) is 0 Å². The summed E-state index contributed by atoms with van der Waals surface area (Å²) in [7, 11) is 0. The van der Waals surface area contributed by atoms with Gasteiger partial charge >= 0.3 is 11.9 Å². The highest BCUT2D eigenvalue weighted by atomic mass is 16.4. The van der Waals surface area contributed by atoms with E-state index in [0.717, 1.165) is 64.2 Å². The number of carboxylic acid groups (broad SMARTS) is 2. The Morgan fingerprint density at radius 1 is 0.852 bits per heavy atom. The van der Waals surface area contributed by atoms with Crippen LogP contribution in [-0.4, -0.2) is 22.2 Å². The zero-order valence-electron chi connectivity index (χ0n) is 17.6. The maximum atomic E-state index is 12.6. The Morgan fingerprint density at radius 2 is 1.37 bits per heavy atom. The van der Waals surface area contributed by atoms with Gasteiger partial charge in [0.2, 0.25) is 0 Å². The highest BCUT2D eigenvalue weighted by Crippen LogP contribution is 2.57. The fourth-order valence-electron chi connectivity index (χ4n) is 4.98. The van der Waals surface area contributed by atoms with Gasteiger partial charge in [0.05, 0.1) is 10.8 Å². The van der Waals surface area contributed by atoms with Gasteiger partial charge in [0.15, 0.2) is 0 Å². The van der Waals surface area contributed by atoms with Crippen molar-refractivity contribution in [1.29, 1.82) is 0 Å². The van der Waals surface area contributed by atoms with Crippen LogP contribution in [0, 0.1) is 16.7 Å². The summed E-state index contributed by atoms with van der Waals surface area (Å²) >= 11 is 0. The predicted molar refractivity (Wildman–Crippen MR) is 110 cm³/mol. The first-order chi connectivity index (χ1) is 12.9. The van der Waals surface area contributed by atoms with E-state index in [9.17, 15) is 19.8 Å². The maximum absolute atomic E-state index is 12.6. The number of hydrogen-bond donors (Lipinski definition) is 2. The molecule has 156 valence electrons. The predicted octanol–water partition coefficient (Wildman–Crippen LogP) is 6.45. The summed E-state index contributed by atoms with van der Waals surface area (Å²) in [6.07, 6.45) is 15.4. The second kappa shape index (κ2) is 11.5. The summed E-state index contributed by atoms with van der Waals surface area (Å²) in [6, 6.07) is 0. The van der Waals surface area contributed by atoms with Gasteiger partial charge in [-0.2, -0.15) is 0 Å². The van der Waals surface area contributed by atoms with Gasteiger partial charge in [-0.3, -0.25) is 9.59 Å². The number of allylic oxidation sites excluding steroid dienone is 2. The molecule has 0 saturated heterocycles. The molecule has 0 amide bonds. The number of carboxylic acids is 2. The van der Waals surface area contributed by atoms with Crippen molar-refractivity contribution in [1.82, 2.24) is 0 Å². The van der Waals surface area contributed by atoms with Gasteiger partial charge in [0.25, 0.3) is 0 Å². The number of unbranched alkanes of at least 4 members (excludes halogenated alkanes) is 8. The molecule has 3 unspecified atom stereocenters. The third kappa shape index (κ3) is 5.36. The van der Waals surface area contributed by atoms with Crippen molar-refractivity contribution in [2.24, 2.45) is 16.7 Å². The summed E-state index contributed by atoms with van der Waals surface area (Å²) in [6.45, 7) is 6.20. The molecule has 0 fully saturated rings. The van der Waals surface area contributed by atoms with E-state index < -0.39 is 22.8 Å². The van der Waals surface area contributed by atoms with Crippen molar-refractivity contribution in [2.45, 2.75) is 104 Å². The number of rotatable bonds is 14. The van der Waals surface area contributed by atoms with E-state index in [0.29, 0.717) is 19.3 Å². The molecule has 27 heavy (non-hydrogen) atoms. The van der Waals surface area contributed by atoms with E-state index in [4.69, 9.17) is 0 Å². The smallest absolute Gasteiger partial charge is 0.311 e. The molecule has 0 aliphatic heterocycles. The Labute approximate surface area is 165 Å². The molecule has 1 rings (SSSR count). The van der Waals surface area contributed by atoms with Crippen molar-refractivity contribution in [2.75, 3.05) is 0 Å². The molecule has 0 radical (unpaired) electrons. The Balaban J connectivity index is 3.07. The van der Waals surface area contributed by atoms with Gasteiger partial charge in [-0.25, -0.2) is 0 Å². The minimum atomic E-state index is -1.20. The lowest BCUT2D eigenvalue weighted by molar-refractivity contribution is -0.182. The van der Waals surface area contributed by atoms with Crippen LogP contribution < -0.4 is 0 Å². The van der Waals surface area contributed by atoms with Crippen LogP contribution in [0.25, 0.3) is 0 Å². The molecule has 2 N–H and O–H groups in total. The standard InChI is InChI=1S/C23H40O4/c1-4-6-8-10-12-16-22(20(24)25)17-14-15-19(3)23(22,21(26)27)18-13-11-9-7-5-2/h14-15,19H,4-13,16-18H2,1-3H3,(H,24,25)(H,26,27). The highest BCUT2D eigenvalue weighted by molar-refractivity contribution is 5.88. The second-order valence-corrected chi connectivity index (χ2v) is 8.41. The number of aliphatic carboxylic acids is 2. The van der Waals surface area contributed by atoms with Crippen LogP contribution in [0.3, 0.4) is 0 Å². The first-order valence-corrected chi connectivity index (χ1v) is 11.0. The van der Waals surface area contributed by atoms with Gasteiger partial charge < -0.3 is 10.2 Å². The topological polar surface area (TPSA) is 74.6 Å². The van der Waals surface area contributed by atoms with Crippen LogP contribution in [0.2, 0.25) is 0 Å². The molecule has 0 aromatic carbocycles. The summed E-state index contributed by atoms with van der Waals surface area (Å²) in [5, 5.41) is 20.5. The summed E-state index contributed by atoms with van der Waals surface area (Å²) in [5.41, 5.74) is -2.39. The van der Waals surface area contributed by atoms with Crippen molar-refractivity contribution >= 4 is 11.9 Å². The van der Waals surface area contributed by atoms with Crippen molar-refractivity contribution in [3.05, 3.63) is 12.2 Å². The molecular weight excluding hydrogens is 340 g/mol. The van der Waals surface area contributed by atoms with Gasteiger partial charge in [-0.15, -0.1) is 0 Å². The second-order valence-electron chi connectivity index (χ2n) is 8.41. The Kier molecular flexibility index (Phi) is 10.1. The maximum Gasteiger partial charge on any atom is 0.311 e. The Bertz CT molecular complexity index is 499. The van der Waals surface area contributed by atoms with Crippen LogP contribution >= 0.6 is 0 Å². The molecule has 1 aliphatic carbocycles. The van der Waals surface area contributed by atoms with E-state index in [-0.39, 0.29) is 5.92 Å². The normalized spacial score (nSPS) is 27.6. The van der Waals surface area contributed by atoms with E-state index in [1.54, 1.807) is 0 Å². The average Bonchev–Trinajstić information content (AvgIpc) is 2.62. The first kappa shape index (κ1) is 23.7. The summed E-state index contributed by atoms with van der Waals surface area (Å²) in [4.78, 5) is 25.1. The van der Waals surface area contributed by atoms with E-state index in [1.165, 1.54) is 0 Å². The lowest BCUT2D eigenvalue weighted by Gasteiger charge is -2.50. The zero-order valence-corrected chi connectivity index (χ0v) is 17.6. The molecule has 0 spiro atoms. The van der Waals surface area contributed by atoms with Crippen LogP contribution in [0.4, 0.5) is 0 Å². The molecular formula is C23H40O4. The molecule has 4 nitrogen and oxygen atoms in total. The minimum absolute atomic E-state index is 0.262. The number of hydrogen-bond acceptors (Lipinski definition) is 2. The quantitative estimate of drug-likeness (QED) is 0.268. The van der Waals surface area contributed by atoms with Crippen molar-refractivity contribution < 1.29 is 19.8 Å². The third-order valence-corrected chi connectivity index (χ3v) is 6.70. The molecule has 4 heteroatoms. The van der Waals surface area contributed by atoms with E-state index in [1.807, 2.05) is 19.1 Å². The lowest BCUT2D eigenvalue weighted by Crippen LogP contribution is -2.57. The SMILES string of the molecule is CCCCCCCC1(C(=O)O)CC=CC(C)C1(CCCCCCC)C(=O)O. The molecule has 3 atom stereocenters. The zero-order chi connectivity index (χ0) is 20.3. The molecule has 0 bridgehead atoms. The molecule has 0 saturated carbocycles. The lowest BCUT2D eigenvalue weighted by atomic mass is 9.50. The molecule has 1 aliphatic rings. The van der Waals surface area contributed by atoms with Gasteiger partial charge in [0, 0.05) is 0 Å². The fraction of sp³-hybridized carbons (Fsp3) is 0.826. The van der Waals surface area contributed by atoms with E-state index in [2.05, 4.69) is 13.8 Å². The van der Waals surface area contributed by atoms with Crippen molar-refractivity contribution in [3.8, 4) is 0 Å². The largest absolute Gasteiger partial charge is 0.481 e. The molecule has 0 heterocycles. The van der Waals surface area contributed by atoms with Crippen LogP contribution in [-0.2, 0) is 9.59 Å². The third-order valence-electron chi connectivity index (χ3n) is 6.70. The van der Waals surface area contributed by atoms with Crippen LogP contribution in [0.1, 0.15) is 104 Å². The highest BCUT2D eigenvalue weighted by Gasteiger charge is 2.63. The number of carbonyl (C=O) groups is 2. The molecule has 0 aromatic heterocycles. The monoisotopic (exact) mass is 380 g/mol. The van der Waals surface area contributed by atoms with Crippen LogP contribution in [0.15, 0.2) is 12.2 Å². The summed E-state index contributed by atoms with van der Waals surface area (Å²) < 4.78 is 0. The van der Waals surface area contributed by atoms with Crippen LogP contribution in [0.5, 0.6) is 0 Å². The molecule has 0 aromatic rings. The Hall–Kier alpha value is -1.32. The van der Waals surface area contributed by atoms with Gasteiger partial charge in [0.1, 0.15) is 0 Å². The Morgan fingerprint density at radius 3 is 1.85 bits per heavy atom. The summed E-state index contributed by atoms with van der Waals surface area (Å²) in [5.74, 6) is -2.11. The fourth-order valence-corrected chi connectivity index (χ4v) is 4.98. The van der Waals surface area contributed by atoms with Gasteiger partial charge in [-0.05, 0) is 25.2 Å².